The summed E-state index contributed by atoms with van der Waals surface area (Å²) in [6.45, 7) is 1.99. The summed E-state index contributed by atoms with van der Waals surface area (Å²) in [5, 5.41) is 14.4. The van der Waals surface area contributed by atoms with E-state index in [0.29, 0.717) is 0 Å². The Kier molecular flexibility index (Phi) is 1.97. The first-order valence-corrected chi connectivity index (χ1v) is 5.84. The van der Waals surface area contributed by atoms with Crippen LogP contribution in [0.15, 0.2) is 29.8 Å². The van der Waals surface area contributed by atoms with E-state index in [4.69, 9.17) is 0 Å². The van der Waals surface area contributed by atoms with Crippen molar-refractivity contribution in [1.82, 2.24) is 9.97 Å². The lowest BCUT2D eigenvalue weighted by Gasteiger charge is -1.96. The van der Waals surface area contributed by atoms with Gasteiger partial charge in [0.1, 0.15) is 5.01 Å². The van der Waals surface area contributed by atoms with Gasteiger partial charge in [-0.05, 0) is 19.1 Å². The number of fused-ring (bicyclic) bond motifs is 1. The van der Waals surface area contributed by atoms with Crippen LogP contribution in [-0.4, -0.2) is 15.1 Å². The van der Waals surface area contributed by atoms with E-state index in [1.807, 2.05) is 30.5 Å². The fraction of sp³-hybridized carbons (Fsp3) is 0.0833. The van der Waals surface area contributed by atoms with E-state index < -0.39 is 0 Å². The Bertz CT molecular complexity index is 654. The molecule has 0 aliphatic heterocycles. The average molecular weight is 230 g/mol. The zero-order valence-electron chi connectivity index (χ0n) is 8.69. The Morgan fingerprint density at radius 1 is 1.38 bits per heavy atom. The standard InChI is InChI=1S/C12H10N2OS/c1-7-6-16-12(14-7)8-2-3-10-9(4-8)5-13-11(10)15/h2-6,13,15H,1H3. The summed E-state index contributed by atoms with van der Waals surface area (Å²) in [5.74, 6) is 0.219. The molecule has 16 heavy (non-hydrogen) atoms. The summed E-state index contributed by atoms with van der Waals surface area (Å²) in [4.78, 5) is 7.24. The van der Waals surface area contributed by atoms with E-state index in [9.17, 15) is 5.11 Å². The molecule has 0 atom stereocenters. The largest absolute Gasteiger partial charge is 0.494 e. The Labute approximate surface area is 96.4 Å². The second kappa shape index (κ2) is 3.35. The quantitative estimate of drug-likeness (QED) is 0.673. The number of hydrogen-bond donors (Lipinski definition) is 2. The molecule has 0 radical (unpaired) electrons. The number of nitrogens with zero attached hydrogens (tertiary/aromatic N) is 1. The van der Waals surface area contributed by atoms with E-state index in [-0.39, 0.29) is 5.88 Å². The molecule has 2 aromatic heterocycles. The Hall–Kier alpha value is -1.81. The molecule has 3 aromatic rings. The van der Waals surface area contributed by atoms with Crippen molar-refractivity contribution in [1.29, 1.82) is 0 Å². The third-order valence-electron chi connectivity index (χ3n) is 2.54. The van der Waals surface area contributed by atoms with Crippen LogP contribution in [0.25, 0.3) is 21.3 Å². The van der Waals surface area contributed by atoms with Crippen LogP contribution in [0.5, 0.6) is 5.88 Å². The highest BCUT2D eigenvalue weighted by Gasteiger charge is 2.06. The van der Waals surface area contributed by atoms with E-state index in [2.05, 4.69) is 9.97 Å². The topological polar surface area (TPSA) is 48.9 Å². The number of thiazole rings is 1. The van der Waals surface area contributed by atoms with Gasteiger partial charge in [-0.15, -0.1) is 11.3 Å². The van der Waals surface area contributed by atoms with Gasteiger partial charge in [0.15, 0.2) is 5.88 Å². The molecule has 0 saturated carbocycles. The van der Waals surface area contributed by atoms with Crippen LogP contribution in [0.2, 0.25) is 0 Å². The van der Waals surface area contributed by atoms with Gasteiger partial charge < -0.3 is 10.1 Å². The normalized spacial score (nSPS) is 11.1. The first kappa shape index (κ1) is 9.42. The number of hydrogen-bond acceptors (Lipinski definition) is 3. The molecule has 0 amide bonds. The summed E-state index contributed by atoms with van der Waals surface area (Å²) in [6.07, 6.45) is 1.80. The number of aryl methyl sites for hydroxylation is 1. The lowest BCUT2D eigenvalue weighted by atomic mass is 10.1. The first-order valence-electron chi connectivity index (χ1n) is 4.96. The summed E-state index contributed by atoms with van der Waals surface area (Å²) in [6, 6.07) is 5.92. The molecule has 0 aliphatic carbocycles. The molecule has 80 valence electrons. The van der Waals surface area contributed by atoms with Gasteiger partial charge in [-0.3, -0.25) is 0 Å². The van der Waals surface area contributed by atoms with Crippen molar-refractivity contribution in [2.24, 2.45) is 0 Å². The highest BCUT2D eigenvalue weighted by Crippen LogP contribution is 2.30. The molecule has 2 N–H and O–H groups in total. The molecular formula is C12H10N2OS. The maximum absolute atomic E-state index is 9.51. The van der Waals surface area contributed by atoms with Crippen LogP contribution >= 0.6 is 11.3 Å². The highest BCUT2D eigenvalue weighted by molar-refractivity contribution is 7.13. The highest BCUT2D eigenvalue weighted by atomic mass is 32.1. The lowest BCUT2D eigenvalue weighted by molar-refractivity contribution is 0.462. The van der Waals surface area contributed by atoms with Crippen molar-refractivity contribution in [3.8, 4) is 16.5 Å². The number of aromatic hydroxyl groups is 1. The molecule has 0 aliphatic rings. The van der Waals surface area contributed by atoms with E-state index in [1.54, 1.807) is 17.5 Å². The predicted molar refractivity (Wildman–Crippen MR) is 65.8 cm³/mol. The lowest BCUT2D eigenvalue weighted by Crippen LogP contribution is -1.76. The van der Waals surface area contributed by atoms with Gasteiger partial charge in [0.2, 0.25) is 0 Å². The third kappa shape index (κ3) is 1.39. The zero-order chi connectivity index (χ0) is 11.1. The molecule has 0 saturated heterocycles. The molecule has 0 fully saturated rings. The molecular weight excluding hydrogens is 220 g/mol. The molecule has 3 rings (SSSR count). The van der Waals surface area contributed by atoms with Gasteiger partial charge in [0.05, 0.1) is 0 Å². The van der Waals surface area contributed by atoms with Crippen LogP contribution in [-0.2, 0) is 0 Å². The maximum atomic E-state index is 9.51. The fourth-order valence-electron chi connectivity index (χ4n) is 1.74. The minimum absolute atomic E-state index is 0.219. The van der Waals surface area contributed by atoms with Crippen LogP contribution in [0.3, 0.4) is 0 Å². The van der Waals surface area contributed by atoms with Gasteiger partial charge in [-0.2, -0.15) is 0 Å². The summed E-state index contributed by atoms with van der Waals surface area (Å²) in [7, 11) is 0. The van der Waals surface area contributed by atoms with Gasteiger partial charge in [0, 0.05) is 33.6 Å². The fourth-order valence-corrected chi connectivity index (χ4v) is 2.54. The molecule has 3 nitrogen and oxygen atoms in total. The van der Waals surface area contributed by atoms with Gasteiger partial charge >= 0.3 is 0 Å². The smallest absolute Gasteiger partial charge is 0.196 e. The Morgan fingerprint density at radius 2 is 2.25 bits per heavy atom. The number of benzene rings is 1. The predicted octanol–water partition coefficient (Wildman–Crippen LogP) is 3.31. The SMILES string of the molecule is Cc1csc(-c2ccc3c(O)[nH]cc3c2)n1. The van der Waals surface area contributed by atoms with Gasteiger partial charge in [-0.25, -0.2) is 4.98 Å². The van der Waals surface area contributed by atoms with Crippen molar-refractivity contribution in [3.05, 3.63) is 35.5 Å². The first-order chi connectivity index (χ1) is 7.74. The van der Waals surface area contributed by atoms with E-state index in [1.165, 1.54) is 0 Å². The maximum Gasteiger partial charge on any atom is 0.196 e. The number of aromatic nitrogens is 2. The molecule has 1 aromatic carbocycles. The third-order valence-corrected chi connectivity index (χ3v) is 3.55. The molecule has 4 heteroatoms. The summed E-state index contributed by atoms with van der Waals surface area (Å²) < 4.78 is 0. The molecule has 2 heterocycles. The van der Waals surface area contributed by atoms with Gasteiger partial charge in [-0.1, -0.05) is 6.07 Å². The van der Waals surface area contributed by atoms with E-state index >= 15 is 0 Å². The van der Waals surface area contributed by atoms with Crippen LogP contribution in [0, 0.1) is 6.92 Å². The number of H-pyrrole nitrogens is 1. The van der Waals surface area contributed by atoms with Crippen molar-refractivity contribution in [2.75, 3.05) is 0 Å². The minimum atomic E-state index is 0.219. The summed E-state index contributed by atoms with van der Waals surface area (Å²) >= 11 is 1.63. The number of aromatic amines is 1. The van der Waals surface area contributed by atoms with Crippen LogP contribution < -0.4 is 0 Å². The Balaban J connectivity index is 2.18. The van der Waals surface area contributed by atoms with Crippen LogP contribution in [0.1, 0.15) is 5.69 Å². The number of rotatable bonds is 1. The summed E-state index contributed by atoms with van der Waals surface area (Å²) in [5.41, 5.74) is 2.13. The molecule has 0 unspecified atom stereocenters. The Morgan fingerprint density at radius 3 is 3.00 bits per heavy atom. The van der Waals surface area contributed by atoms with Crippen molar-refractivity contribution in [3.63, 3.8) is 0 Å². The molecule has 0 spiro atoms. The second-order valence-corrected chi connectivity index (χ2v) is 4.59. The van der Waals surface area contributed by atoms with E-state index in [0.717, 1.165) is 27.0 Å². The average Bonchev–Trinajstić information content (AvgIpc) is 2.86. The minimum Gasteiger partial charge on any atom is -0.494 e. The number of nitrogens with one attached hydrogen (secondary N) is 1. The monoisotopic (exact) mass is 230 g/mol. The van der Waals surface area contributed by atoms with Gasteiger partial charge in [0.25, 0.3) is 0 Å². The van der Waals surface area contributed by atoms with Crippen molar-refractivity contribution in [2.45, 2.75) is 6.92 Å². The molecule has 0 bridgehead atoms. The van der Waals surface area contributed by atoms with Crippen molar-refractivity contribution < 1.29 is 5.11 Å². The second-order valence-electron chi connectivity index (χ2n) is 3.73. The van der Waals surface area contributed by atoms with Crippen molar-refractivity contribution >= 4 is 22.1 Å². The zero-order valence-corrected chi connectivity index (χ0v) is 9.51. The van der Waals surface area contributed by atoms with Crippen LogP contribution in [0.4, 0.5) is 0 Å².